The van der Waals surface area contributed by atoms with Crippen molar-refractivity contribution in [2.45, 2.75) is 50.6 Å². The molecule has 0 bridgehead atoms. The summed E-state index contributed by atoms with van der Waals surface area (Å²) >= 11 is 0. The second kappa shape index (κ2) is 9.62. The molecule has 0 spiro atoms. The molecule has 8 nitrogen and oxygen atoms in total. The van der Waals surface area contributed by atoms with Crippen LogP contribution in [0.2, 0.25) is 0 Å². The van der Waals surface area contributed by atoms with Gasteiger partial charge in [-0.2, -0.15) is 0 Å². The van der Waals surface area contributed by atoms with Gasteiger partial charge in [0, 0.05) is 5.92 Å². The first-order valence-corrected chi connectivity index (χ1v) is 11.0. The number of carbonyl (C=O) groups excluding carboxylic acids is 2. The fourth-order valence-electron chi connectivity index (χ4n) is 4.17. The maximum atomic E-state index is 13.0. The third-order valence-corrected chi connectivity index (χ3v) is 6.50. The van der Waals surface area contributed by atoms with E-state index in [0.717, 1.165) is 22.3 Å². The number of alkyl carbamates (subject to hydrolysis) is 1. The molecule has 33 heavy (non-hydrogen) atoms. The number of fused-ring (bicyclic) bond motifs is 3. The summed E-state index contributed by atoms with van der Waals surface area (Å²) in [5, 5.41) is 23.8. The molecular weight excluding hydrogens is 424 g/mol. The van der Waals surface area contributed by atoms with Gasteiger partial charge in [0.1, 0.15) is 12.1 Å². The molecule has 0 saturated heterocycles. The van der Waals surface area contributed by atoms with Crippen LogP contribution in [0.5, 0.6) is 0 Å². The van der Waals surface area contributed by atoms with Crippen molar-refractivity contribution in [3.8, 4) is 11.1 Å². The van der Waals surface area contributed by atoms with E-state index in [0.29, 0.717) is 0 Å². The molecule has 1 unspecified atom stereocenters. The van der Waals surface area contributed by atoms with Crippen LogP contribution in [-0.4, -0.2) is 52.5 Å². The number of benzene rings is 2. The Kier molecular flexibility index (Phi) is 7.07. The third kappa shape index (κ3) is 4.57. The summed E-state index contributed by atoms with van der Waals surface area (Å²) in [5.74, 6) is -2.19. The minimum atomic E-state index is -1.87. The van der Waals surface area contributed by atoms with Gasteiger partial charge in [0.05, 0.1) is 6.61 Å². The highest BCUT2D eigenvalue weighted by molar-refractivity contribution is 5.94. The van der Waals surface area contributed by atoms with Crippen molar-refractivity contribution >= 4 is 18.0 Å². The van der Waals surface area contributed by atoms with Gasteiger partial charge in [0.25, 0.3) is 0 Å². The van der Waals surface area contributed by atoms with Gasteiger partial charge in [-0.1, -0.05) is 62.4 Å². The molecule has 4 N–H and O–H groups in total. The summed E-state index contributed by atoms with van der Waals surface area (Å²) in [5.41, 5.74) is 1.11. The molecular formula is C25H30N2O6. The molecule has 176 valence electrons. The normalized spacial score (nSPS) is 14.5. The minimum Gasteiger partial charge on any atom is -0.479 e. The standard InChI is InChI=1S/C25H30N2O6/c1-4-25(5-2,21(29)26-24(3,15-28)22(30)31)27-23(32)33-14-20-18-12-8-6-10-16(18)17-11-7-9-13-19(17)20/h6-13,20,28H,4-5,14-15H2,1-3H3,(H,26,29)(H,27,32)(H,30,31). The molecule has 1 aliphatic rings. The van der Waals surface area contributed by atoms with Crippen LogP contribution in [0.1, 0.15) is 50.7 Å². The number of aliphatic carboxylic acids is 1. The predicted molar refractivity (Wildman–Crippen MR) is 123 cm³/mol. The molecule has 2 amide bonds. The number of rotatable bonds is 9. The topological polar surface area (TPSA) is 125 Å². The van der Waals surface area contributed by atoms with Gasteiger partial charge >= 0.3 is 12.1 Å². The number of carboxylic acids is 1. The van der Waals surface area contributed by atoms with Crippen molar-refractivity contribution in [3.05, 3.63) is 59.7 Å². The second-order valence-corrected chi connectivity index (χ2v) is 8.49. The largest absolute Gasteiger partial charge is 0.479 e. The third-order valence-electron chi connectivity index (χ3n) is 6.50. The summed E-state index contributed by atoms with van der Waals surface area (Å²) in [7, 11) is 0. The molecule has 0 aliphatic heterocycles. The van der Waals surface area contributed by atoms with Crippen LogP contribution in [-0.2, 0) is 14.3 Å². The summed E-state index contributed by atoms with van der Waals surface area (Å²) in [4.78, 5) is 37.2. The Labute approximate surface area is 193 Å². The van der Waals surface area contributed by atoms with E-state index in [2.05, 4.69) is 10.6 Å². The molecule has 2 aromatic rings. The molecule has 2 aromatic carbocycles. The smallest absolute Gasteiger partial charge is 0.408 e. The Bertz CT molecular complexity index is 1000. The summed E-state index contributed by atoms with van der Waals surface area (Å²) in [6.07, 6.45) is -0.349. The summed E-state index contributed by atoms with van der Waals surface area (Å²) in [6.45, 7) is 3.93. The van der Waals surface area contributed by atoms with E-state index in [4.69, 9.17) is 4.74 Å². The van der Waals surface area contributed by atoms with Gasteiger partial charge in [-0.05, 0) is 42.0 Å². The molecule has 0 heterocycles. The monoisotopic (exact) mass is 454 g/mol. The van der Waals surface area contributed by atoms with E-state index < -0.39 is 35.7 Å². The van der Waals surface area contributed by atoms with Gasteiger partial charge in [0.15, 0.2) is 5.54 Å². The van der Waals surface area contributed by atoms with Crippen LogP contribution in [0.4, 0.5) is 4.79 Å². The SMILES string of the molecule is CCC(CC)(NC(=O)OCC1c2ccccc2-c2ccccc21)C(=O)NC(C)(CO)C(=O)O. The number of amides is 2. The number of carboxylic acid groups (broad SMARTS) is 1. The second-order valence-electron chi connectivity index (χ2n) is 8.49. The number of nitrogens with one attached hydrogen (secondary N) is 2. The van der Waals surface area contributed by atoms with Gasteiger partial charge in [-0.15, -0.1) is 0 Å². The minimum absolute atomic E-state index is 0.0917. The first-order valence-electron chi connectivity index (χ1n) is 11.0. The van der Waals surface area contributed by atoms with Crippen molar-refractivity contribution in [2.24, 2.45) is 0 Å². The Morgan fingerprint density at radius 2 is 1.45 bits per heavy atom. The Morgan fingerprint density at radius 3 is 1.91 bits per heavy atom. The first kappa shape index (κ1) is 24.3. The van der Waals surface area contributed by atoms with Crippen molar-refractivity contribution in [1.29, 1.82) is 0 Å². The van der Waals surface area contributed by atoms with Crippen LogP contribution in [0.25, 0.3) is 11.1 Å². The maximum absolute atomic E-state index is 13.0. The number of carbonyl (C=O) groups is 3. The average molecular weight is 455 g/mol. The lowest BCUT2D eigenvalue weighted by Gasteiger charge is -2.34. The van der Waals surface area contributed by atoms with E-state index in [1.54, 1.807) is 13.8 Å². The average Bonchev–Trinajstić information content (AvgIpc) is 3.14. The summed E-state index contributed by atoms with van der Waals surface area (Å²) in [6, 6.07) is 15.9. The molecule has 0 fully saturated rings. The number of aliphatic hydroxyl groups is 1. The highest BCUT2D eigenvalue weighted by atomic mass is 16.5. The molecule has 8 heteroatoms. The predicted octanol–water partition coefficient (Wildman–Crippen LogP) is 3.04. The number of hydrogen-bond donors (Lipinski definition) is 4. The van der Waals surface area contributed by atoms with Crippen LogP contribution in [0, 0.1) is 0 Å². The number of aliphatic hydroxyl groups excluding tert-OH is 1. The van der Waals surface area contributed by atoms with Gasteiger partial charge < -0.3 is 25.6 Å². The first-order chi connectivity index (χ1) is 15.7. The Morgan fingerprint density at radius 1 is 0.939 bits per heavy atom. The zero-order chi connectivity index (χ0) is 24.2. The van der Waals surface area contributed by atoms with E-state index in [-0.39, 0.29) is 25.4 Å². The van der Waals surface area contributed by atoms with Crippen LogP contribution >= 0.6 is 0 Å². The quantitative estimate of drug-likeness (QED) is 0.462. The van der Waals surface area contributed by atoms with Crippen molar-refractivity contribution in [2.75, 3.05) is 13.2 Å². The van der Waals surface area contributed by atoms with E-state index in [1.165, 1.54) is 6.92 Å². The highest BCUT2D eigenvalue weighted by Crippen LogP contribution is 2.44. The molecule has 3 rings (SSSR count). The zero-order valence-electron chi connectivity index (χ0n) is 19.1. The van der Waals surface area contributed by atoms with Gasteiger partial charge in [0.2, 0.25) is 5.91 Å². The Hall–Kier alpha value is -3.39. The fraction of sp³-hybridized carbons (Fsp3) is 0.400. The number of ether oxygens (including phenoxy) is 1. The van der Waals surface area contributed by atoms with E-state index >= 15 is 0 Å². The summed E-state index contributed by atoms with van der Waals surface area (Å²) < 4.78 is 5.56. The molecule has 0 aromatic heterocycles. The van der Waals surface area contributed by atoms with E-state index in [1.807, 2.05) is 48.5 Å². The lowest BCUT2D eigenvalue weighted by atomic mass is 9.90. The lowest BCUT2D eigenvalue weighted by molar-refractivity contribution is -0.150. The fourth-order valence-corrected chi connectivity index (χ4v) is 4.17. The molecule has 1 aliphatic carbocycles. The van der Waals surface area contributed by atoms with Gasteiger partial charge in [-0.25, -0.2) is 9.59 Å². The van der Waals surface area contributed by atoms with E-state index in [9.17, 15) is 24.6 Å². The van der Waals surface area contributed by atoms with Crippen LogP contribution in [0.3, 0.4) is 0 Å². The van der Waals surface area contributed by atoms with Gasteiger partial charge in [-0.3, -0.25) is 4.79 Å². The zero-order valence-corrected chi connectivity index (χ0v) is 19.1. The van der Waals surface area contributed by atoms with Crippen molar-refractivity contribution in [1.82, 2.24) is 10.6 Å². The van der Waals surface area contributed by atoms with Crippen LogP contribution in [0.15, 0.2) is 48.5 Å². The van der Waals surface area contributed by atoms with Crippen molar-refractivity contribution < 1.29 is 29.3 Å². The van der Waals surface area contributed by atoms with Crippen molar-refractivity contribution in [3.63, 3.8) is 0 Å². The molecule has 1 atom stereocenters. The lowest BCUT2D eigenvalue weighted by Crippen LogP contribution is -2.65. The van der Waals surface area contributed by atoms with Crippen LogP contribution < -0.4 is 10.6 Å². The Balaban J connectivity index is 1.73. The maximum Gasteiger partial charge on any atom is 0.408 e. The molecule has 0 saturated carbocycles. The molecule has 0 radical (unpaired) electrons. The number of hydrogen-bond acceptors (Lipinski definition) is 5. The highest BCUT2D eigenvalue weighted by Gasteiger charge is 2.43.